The number of carboxylic acid groups (broad SMARTS) is 1. The predicted octanol–water partition coefficient (Wildman–Crippen LogP) is 2.26. The lowest BCUT2D eigenvalue weighted by Crippen LogP contribution is -2.43. The number of rotatable bonds is 3. The Morgan fingerprint density at radius 2 is 2.15 bits per heavy atom. The van der Waals surface area contributed by atoms with E-state index in [1.807, 2.05) is 0 Å². The number of benzene rings is 1. The molecule has 1 saturated carbocycles. The fraction of sp³-hybridized carbons (Fsp3) is 0.467. The van der Waals surface area contributed by atoms with Crippen LogP contribution in [0.4, 0.5) is 10.5 Å². The van der Waals surface area contributed by atoms with Gasteiger partial charge in [0.2, 0.25) is 0 Å². The van der Waals surface area contributed by atoms with Gasteiger partial charge in [-0.25, -0.2) is 9.59 Å². The number of hydrogen-bond acceptors (Lipinski definition) is 2. The van der Waals surface area contributed by atoms with Gasteiger partial charge in [0, 0.05) is 18.8 Å². The third-order valence-electron chi connectivity index (χ3n) is 3.93. The quantitative estimate of drug-likeness (QED) is 0.888. The lowest BCUT2D eigenvalue weighted by atomic mass is 9.99. The molecule has 0 bridgehead atoms. The van der Waals surface area contributed by atoms with Crippen molar-refractivity contribution in [3.05, 3.63) is 29.3 Å². The smallest absolute Gasteiger partial charge is 0.335 e. The summed E-state index contributed by atoms with van der Waals surface area (Å²) in [5.41, 5.74) is 2.07. The van der Waals surface area contributed by atoms with E-state index in [0.717, 1.165) is 30.6 Å². The van der Waals surface area contributed by atoms with Gasteiger partial charge in [0.15, 0.2) is 0 Å². The summed E-state index contributed by atoms with van der Waals surface area (Å²) in [5, 5.41) is 12.0. The highest BCUT2D eigenvalue weighted by Crippen LogP contribution is 2.30. The number of urea groups is 1. The van der Waals surface area contributed by atoms with Crippen LogP contribution in [0.3, 0.4) is 0 Å². The van der Waals surface area contributed by atoms with E-state index in [9.17, 15) is 9.59 Å². The molecule has 2 aliphatic rings. The van der Waals surface area contributed by atoms with Gasteiger partial charge in [0.05, 0.1) is 5.56 Å². The number of carbonyl (C=O) groups is 2. The zero-order chi connectivity index (χ0) is 14.1. The minimum Gasteiger partial charge on any atom is -0.478 e. The van der Waals surface area contributed by atoms with Crippen LogP contribution in [0.2, 0.25) is 0 Å². The van der Waals surface area contributed by atoms with Crippen LogP contribution in [0, 0.1) is 5.92 Å². The highest BCUT2D eigenvalue weighted by molar-refractivity contribution is 5.95. The molecule has 1 aromatic carbocycles. The number of nitrogens with one attached hydrogen (secondary N) is 1. The van der Waals surface area contributed by atoms with E-state index in [0.29, 0.717) is 12.5 Å². The van der Waals surface area contributed by atoms with Crippen molar-refractivity contribution in [1.29, 1.82) is 0 Å². The maximum atomic E-state index is 12.2. The number of hydrogen-bond donors (Lipinski definition) is 2. The highest BCUT2D eigenvalue weighted by Gasteiger charge is 2.26. The first-order valence-corrected chi connectivity index (χ1v) is 7.07. The summed E-state index contributed by atoms with van der Waals surface area (Å²) in [6, 6.07) is 4.92. The molecule has 1 aromatic rings. The summed E-state index contributed by atoms with van der Waals surface area (Å²) in [6.07, 6.45) is 4.10. The van der Waals surface area contributed by atoms with Crippen molar-refractivity contribution in [2.24, 2.45) is 5.92 Å². The van der Waals surface area contributed by atoms with E-state index in [4.69, 9.17) is 5.11 Å². The molecule has 0 saturated heterocycles. The molecule has 5 heteroatoms. The molecular weight excluding hydrogens is 256 g/mol. The summed E-state index contributed by atoms with van der Waals surface area (Å²) < 4.78 is 0. The summed E-state index contributed by atoms with van der Waals surface area (Å²) in [4.78, 5) is 24.9. The first-order chi connectivity index (χ1) is 9.65. The van der Waals surface area contributed by atoms with Crippen LogP contribution < -0.4 is 10.2 Å². The molecule has 5 nitrogen and oxygen atoms in total. The van der Waals surface area contributed by atoms with Gasteiger partial charge < -0.3 is 10.4 Å². The Bertz CT molecular complexity index is 552. The van der Waals surface area contributed by atoms with Crippen molar-refractivity contribution >= 4 is 17.7 Å². The largest absolute Gasteiger partial charge is 0.478 e. The second-order valence-electron chi connectivity index (χ2n) is 5.53. The van der Waals surface area contributed by atoms with Crippen molar-refractivity contribution < 1.29 is 14.7 Å². The van der Waals surface area contributed by atoms with Crippen LogP contribution in [-0.2, 0) is 6.42 Å². The molecule has 0 unspecified atom stereocenters. The molecule has 0 aromatic heterocycles. The maximum absolute atomic E-state index is 12.2. The normalized spacial score (nSPS) is 17.5. The summed E-state index contributed by atoms with van der Waals surface area (Å²) in [5.74, 6) is -0.277. The molecule has 0 spiro atoms. The fourth-order valence-corrected chi connectivity index (χ4v) is 2.59. The van der Waals surface area contributed by atoms with Crippen LogP contribution in [0.15, 0.2) is 18.2 Å². The van der Waals surface area contributed by atoms with Gasteiger partial charge in [-0.05, 0) is 55.4 Å². The van der Waals surface area contributed by atoms with E-state index in [1.165, 1.54) is 12.8 Å². The number of carboxylic acids is 1. The Hall–Kier alpha value is -2.04. The molecule has 3 rings (SSSR count). The molecule has 1 aliphatic heterocycles. The highest BCUT2D eigenvalue weighted by atomic mass is 16.4. The third kappa shape index (κ3) is 2.61. The molecule has 1 fully saturated rings. The molecule has 0 atom stereocenters. The lowest BCUT2D eigenvalue weighted by Gasteiger charge is -2.29. The Balaban J connectivity index is 1.78. The number of aromatic carboxylic acids is 1. The maximum Gasteiger partial charge on any atom is 0.335 e. The van der Waals surface area contributed by atoms with E-state index in [2.05, 4.69) is 5.32 Å². The average molecular weight is 274 g/mol. The second kappa shape index (κ2) is 5.15. The number of fused-ring (bicyclic) bond motifs is 1. The fourth-order valence-electron chi connectivity index (χ4n) is 2.59. The Morgan fingerprint density at radius 1 is 1.35 bits per heavy atom. The lowest BCUT2D eigenvalue weighted by molar-refractivity contribution is 0.0696. The van der Waals surface area contributed by atoms with Gasteiger partial charge >= 0.3 is 12.0 Å². The first kappa shape index (κ1) is 13.0. The van der Waals surface area contributed by atoms with E-state index < -0.39 is 5.97 Å². The van der Waals surface area contributed by atoms with Crippen molar-refractivity contribution in [2.45, 2.75) is 25.7 Å². The van der Waals surface area contributed by atoms with Crippen molar-refractivity contribution in [2.75, 3.05) is 18.0 Å². The van der Waals surface area contributed by atoms with Crippen LogP contribution in [0.5, 0.6) is 0 Å². The van der Waals surface area contributed by atoms with Gasteiger partial charge in [-0.15, -0.1) is 0 Å². The number of amides is 2. The molecule has 106 valence electrons. The molecule has 0 radical (unpaired) electrons. The number of carbonyl (C=O) groups excluding carboxylic acids is 1. The Morgan fingerprint density at radius 3 is 2.85 bits per heavy atom. The van der Waals surface area contributed by atoms with Crippen molar-refractivity contribution in [3.8, 4) is 0 Å². The zero-order valence-electron chi connectivity index (χ0n) is 11.3. The van der Waals surface area contributed by atoms with Gasteiger partial charge in [-0.3, -0.25) is 4.90 Å². The van der Waals surface area contributed by atoms with Crippen LogP contribution in [-0.4, -0.2) is 30.2 Å². The van der Waals surface area contributed by atoms with Crippen LogP contribution in [0.1, 0.15) is 35.2 Å². The van der Waals surface area contributed by atoms with Gasteiger partial charge in [-0.2, -0.15) is 0 Å². The van der Waals surface area contributed by atoms with E-state index in [1.54, 1.807) is 23.1 Å². The zero-order valence-corrected chi connectivity index (χ0v) is 11.3. The van der Waals surface area contributed by atoms with Crippen molar-refractivity contribution in [1.82, 2.24) is 5.32 Å². The van der Waals surface area contributed by atoms with Crippen molar-refractivity contribution in [3.63, 3.8) is 0 Å². The second-order valence-corrected chi connectivity index (χ2v) is 5.53. The van der Waals surface area contributed by atoms with E-state index in [-0.39, 0.29) is 11.6 Å². The van der Waals surface area contributed by atoms with Gasteiger partial charge in [0.1, 0.15) is 0 Å². The molecule has 20 heavy (non-hydrogen) atoms. The van der Waals surface area contributed by atoms with Crippen LogP contribution >= 0.6 is 0 Å². The molecule has 2 N–H and O–H groups in total. The number of anilines is 1. The third-order valence-corrected chi connectivity index (χ3v) is 3.93. The van der Waals surface area contributed by atoms with Crippen LogP contribution in [0.25, 0.3) is 0 Å². The van der Waals surface area contributed by atoms with E-state index >= 15 is 0 Å². The SMILES string of the molecule is O=C(O)c1ccc2c(c1)CCCN2C(=O)NCC1CC1. The summed E-state index contributed by atoms with van der Waals surface area (Å²) in [7, 11) is 0. The summed E-state index contributed by atoms with van der Waals surface area (Å²) in [6.45, 7) is 1.44. The Kier molecular flexibility index (Phi) is 3.34. The monoisotopic (exact) mass is 274 g/mol. The standard InChI is InChI=1S/C15H18N2O3/c18-14(19)12-5-6-13-11(8-12)2-1-7-17(13)15(20)16-9-10-3-4-10/h5-6,8,10H,1-4,7,9H2,(H,16,20)(H,18,19). The topological polar surface area (TPSA) is 69.6 Å². The molecule has 1 aliphatic carbocycles. The Labute approximate surface area is 117 Å². The average Bonchev–Trinajstić information content (AvgIpc) is 3.27. The summed E-state index contributed by atoms with van der Waals surface area (Å²) >= 11 is 0. The number of nitrogens with zero attached hydrogens (tertiary/aromatic N) is 1. The predicted molar refractivity (Wildman–Crippen MR) is 75.2 cm³/mol. The van der Waals surface area contributed by atoms with Gasteiger partial charge in [-0.1, -0.05) is 0 Å². The number of aryl methyl sites for hydroxylation is 1. The minimum atomic E-state index is -0.928. The van der Waals surface area contributed by atoms with Gasteiger partial charge in [0.25, 0.3) is 0 Å². The molecule has 2 amide bonds. The minimum absolute atomic E-state index is 0.0686. The first-order valence-electron chi connectivity index (χ1n) is 7.07. The molecular formula is C15H18N2O3. The molecule has 1 heterocycles.